The van der Waals surface area contributed by atoms with Crippen LogP contribution in [0.1, 0.15) is 29.5 Å². The molecule has 1 amide bonds. The lowest BCUT2D eigenvalue weighted by Crippen LogP contribution is -2.40. The Bertz CT molecular complexity index is 887. The summed E-state index contributed by atoms with van der Waals surface area (Å²) in [5.74, 6) is 2.00. The SMILES string of the molecule is CN=C(NCc1cccc(CN2CCCC2=O)c1)N(C)CCOc1ccccc1C.I. The molecule has 0 bridgehead atoms. The molecular formula is C24H33IN4O2. The van der Waals surface area contributed by atoms with Crippen molar-refractivity contribution in [2.45, 2.75) is 32.9 Å². The van der Waals surface area contributed by atoms with Crippen LogP contribution in [0.3, 0.4) is 0 Å². The highest BCUT2D eigenvalue weighted by atomic mass is 127. The molecule has 31 heavy (non-hydrogen) atoms. The molecule has 2 aromatic carbocycles. The summed E-state index contributed by atoms with van der Waals surface area (Å²) >= 11 is 0. The first kappa shape index (κ1) is 25.0. The molecule has 1 aliphatic heterocycles. The first-order chi connectivity index (χ1) is 14.6. The molecule has 1 saturated heterocycles. The molecule has 1 N–H and O–H groups in total. The van der Waals surface area contributed by atoms with Crippen molar-refractivity contribution in [1.29, 1.82) is 0 Å². The zero-order chi connectivity index (χ0) is 21.3. The maximum absolute atomic E-state index is 11.9. The van der Waals surface area contributed by atoms with Crippen LogP contribution in [0.15, 0.2) is 53.5 Å². The summed E-state index contributed by atoms with van der Waals surface area (Å²) in [6.45, 7) is 5.60. The number of ether oxygens (including phenoxy) is 1. The Morgan fingerprint density at radius 3 is 2.68 bits per heavy atom. The molecule has 0 aromatic heterocycles. The molecule has 1 aliphatic rings. The van der Waals surface area contributed by atoms with Gasteiger partial charge in [0, 0.05) is 40.2 Å². The Balaban J connectivity index is 0.00000341. The van der Waals surface area contributed by atoms with Crippen molar-refractivity contribution < 1.29 is 9.53 Å². The summed E-state index contributed by atoms with van der Waals surface area (Å²) < 4.78 is 5.90. The number of likely N-dealkylation sites (tertiary alicyclic amines) is 1. The highest BCUT2D eigenvalue weighted by Crippen LogP contribution is 2.16. The number of para-hydroxylation sites is 1. The Hall–Kier alpha value is -2.29. The van der Waals surface area contributed by atoms with E-state index in [-0.39, 0.29) is 29.9 Å². The van der Waals surface area contributed by atoms with Gasteiger partial charge in [-0.3, -0.25) is 9.79 Å². The molecule has 0 spiro atoms. The average molecular weight is 536 g/mol. The number of amides is 1. The molecule has 0 radical (unpaired) electrons. The third kappa shape index (κ3) is 7.41. The molecule has 3 rings (SSSR count). The quantitative estimate of drug-likeness (QED) is 0.317. The molecule has 1 fully saturated rings. The Kier molecular flexibility index (Phi) is 10.1. The molecule has 2 aromatic rings. The third-order valence-corrected chi connectivity index (χ3v) is 5.34. The minimum atomic E-state index is 0. The lowest BCUT2D eigenvalue weighted by molar-refractivity contribution is -0.128. The van der Waals surface area contributed by atoms with Crippen LogP contribution in [0.2, 0.25) is 0 Å². The van der Waals surface area contributed by atoms with Crippen LogP contribution in [0.5, 0.6) is 5.75 Å². The Morgan fingerprint density at radius 2 is 1.97 bits per heavy atom. The van der Waals surface area contributed by atoms with E-state index in [0.29, 0.717) is 26.1 Å². The first-order valence-electron chi connectivity index (χ1n) is 10.5. The standard InChI is InChI=1S/C24H32N4O2.HI/c1-19-8-4-5-11-22(19)30-15-14-27(3)24(25-2)26-17-20-9-6-10-21(16-20)18-28-13-7-12-23(28)29;/h4-6,8-11,16H,7,12-15,17-18H2,1-3H3,(H,25,26);1H. The van der Waals surface area contributed by atoms with Crippen molar-refractivity contribution in [3.05, 3.63) is 65.2 Å². The van der Waals surface area contributed by atoms with E-state index in [1.165, 1.54) is 11.1 Å². The number of nitrogens with one attached hydrogen (secondary N) is 1. The molecular weight excluding hydrogens is 503 g/mol. The lowest BCUT2D eigenvalue weighted by Gasteiger charge is -2.22. The minimum Gasteiger partial charge on any atom is -0.491 e. The van der Waals surface area contributed by atoms with E-state index in [4.69, 9.17) is 4.74 Å². The molecule has 6 nitrogen and oxygen atoms in total. The number of hydrogen-bond acceptors (Lipinski definition) is 3. The van der Waals surface area contributed by atoms with Crippen LogP contribution in [0.25, 0.3) is 0 Å². The van der Waals surface area contributed by atoms with Crippen molar-refractivity contribution >= 4 is 35.8 Å². The summed E-state index contributed by atoms with van der Waals surface area (Å²) in [5.41, 5.74) is 3.47. The number of halogens is 1. The largest absolute Gasteiger partial charge is 0.491 e. The number of aryl methyl sites for hydroxylation is 1. The number of rotatable bonds is 8. The predicted molar refractivity (Wildman–Crippen MR) is 136 cm³/mol. The number of nitrogens with zero attached hydrogens (tertiary/aromatic N) is 3. The number of carbonyl (C=O) groups is 1. The van der Waals surface area contributed by atoms with Gasteiger partial charge in [-0.25, -0.2) is 0 Å². The molecule has 0 atom stereocenters. The minimum absolute atomic E-state index is 0. The van der Waals surface area contributed by atoms with E-state index in [1.54, 1.807) is 7.05 Å². The van der Waals surface area contributed by atoms with Crippen LogP contribution in [-0.4, -0.2) is 55.5 Å². The van der Waals surface area contributed by atoms with Gasteiger partial charge in [0.25, 0.3) is 0 Å². The van der Waals surface area contributed by atoms with Crippen molar-refractivity contribution in [2.75, 3.05) is 33.8 Å². The molecule has 0 aliphatic carbocycles. The van der Waals surface area contributed by atoms with Crippen LogP contribution in [-0.2, 0) is 17.9 Å². The van der Waals surface area contributed by atoms with E-state index in [1.807, 2.05) is 43.1 Å². The molecule has 168 valence electrons. The van der Waals surface area contributed by atoms with Crippen LogP contribution in [0.4, 0.5) is 0 Å². The zero-order valence-electron chi connectivity index (χ0n) is 18.6. The average Bonchev–Trinajstić information content (AvgIpc) is 3.14. The molecule has 0 saturated carbocycles. The highest BCUT2D eigenvalue weighted by Gasteiger charge is 2.19. The fraction of sp³-hybridized carbons (Fsp3) is 0.417. The maximum atomic E-state index is 11.9. The molecule has 0 unspecified atom stereocenters. The monoisotopic (exact) mass is 536 g/mol. The highest BCUT2D eigenvalue weighted by molar-refractivity contribution is 14.0. The van der Waals surface area contributed by atoms with Gasteiger partial charge in [-0.15, -0.1) is 24.0 Å². The Morgan fingerprint density at radius 1 is 1.19 bits per heavy atom. The number of aliphatic imine (C=N–C) groups is 1. The fourth-order valence-electron chi connectivity index (χ4n) is 3.61. The van der Waals surface area contributed by atoms with E-state index >= 15 is 0 Å². The second-order valence-corrected chi connectivity index (χ2v) is 7.68. The van der Waals surface area contributed by atoms with Gasteiger partial charge in [0.05, 0.1) is 6.54 Å². The van der Waals surface area contributed by atoms with Gasteiger partial charge >= 0.3 is 0 Å². The number of benzene rings is 2. The number of hydrogen-bond donors (Lipinski definition) is 1. The van der Waals surface area contributed by atoms with Gasteiger partial charge in [0.2, 0.25) is 5.91 Å². The summed E-state index contributed by atoms with van der Waals surface area (Å²) in [4.78, 5) is 20.3. The van der Waals surface area contributed by atoms with Crippen LogP contribution in [0, 0.1) is 6.92 Å². The van der Waals surface area contributed by atoms with Gasteiger partial charge < -0.3 is 19.9 Å². The number of carbonyl (C=O) groups excluding carboxylic acids is 1. The van der Waals surface area contributed by atoms with Crippen LogP contribution < -0.4 is 10.1 Å². The number of likely N-dealkylation sites (N-methyl/N-ethyl adjacent to an activating group) is 1. The lowest BCUT2D eigenvalue weighted by atomic mass is 10.1. The van der Waals surface area contributed by atoms with Crippen molar-refractivity contribution in [3.63, 3.8) is 0 Å². The second kappa shape index (κ2) is 12.5. The summed E-state index contributed by atoms with van der Waals surface area (Å²) in [7, 11) is 3.79. The smallest absolute Gasteiger partial charge is 0.222 e. The molecule has 1 heterocycles. The summed E-state index contributed by atoms with van der Waals surface area (Å²) in [6, 6.07) is 16.4. The second-order valence-electron chi connectivity index (χ2n) is 7.68. The number of guanidine groups is 1. The van der Waals surface area contributed by atoms with Crippen molar-refractivity contribution in [2.24, 2.45) is 4.99 Å². The maximum Gasteiger partial charge on any atom is 0.222 e. The molecule has 7 heteroatoms. The predicted octanol–water partition coefficient (Wildman–Crippen LogP) is 3.82. The third-order valence-electron chi connectivity index (χ3n) is 5.34. The van der Waals surface area contributed by atoms with Gasteiger partial charge in [0.15, 0.2) is 5.96 Å². The normalized spacial score (nSPS) is 13.7. The fourth-order valence-corrected chi connectivity index (χ4v) is 3.61. The van der Waals surface area contributed by atoms with Crippen molar-refractivity contribution in [1.82, 2.24) is 15.1 Å². The van der Waals surface area contributed by atoms with E-state index in [2.05, 4.69) is 39.5 Å². The van der Waals surface area contributed by atoms with Gasteiger partial charge in [-0.05, 0) is 36.1 Å². The van der Waals surface area contributed by atoms with Gasteiger partial charge in [0.1, 0.15) is 12.4 Å². The zero-order valence-corrected chi connectivity index (χ0v) is 21.0. The topological polar surface area (TPSA) is 57.2 Å². The van der Waals surface area contributed by atoms with Gasteiger partial charge in [-0.2, -0.15) is 0 Å². The summed E-state index contributed by atoms with van der Waals surface area (Å²) in [6.07, 6.45) is 1.65. The Labute approximate surface area is 202 Å². The van der Waals surface area contributed by atoms with E-state index < -0.39 is 0 Å². The van der Waals surface area contributed by atoms with E-state index in [9.17, 15) is 4.79 Å². The van der Waals surface area contributed by atoms with E-state index in [0.717, 1.165) is 36.8 Å². The first-order valence-corrected chi connectivity index (χ1v) is 10.5. The van der Waals surface area contributed by atoms with Crippen LogP contribution >= 0.6 is 24.0 Å². The van der Waals surface area contributed by atoms with Gasteiger partial charge in [-0.1, -0.05) is 42.5 Å². The van der Waals surface area contributed by atoms with Crippen molar-refractivity contribution in [3.8, 4) is 5.75 Å². The summed E-state index contributed by atoms with van der Waals surface area (Å²) in [5, 5.41) is 3.41.